The van der Waals surface area contributed by atoms with Crippen LogP contribution in [0.25, 0.3) is 0 Å². The Bertz CT molecular complexity index is 449. The quantitative estimate of drug-likeness (QED) is 0.437. The first-order chi connectivity index (χ1) is 9.03. The Hall–Kier alpha value is -1.83. The summed E-state index contributed by atoms with van der Waals surface area (Å²) in [6.45, 7) is 9.59. The molecule has 0 amide bonds. The molecule has 0 rings (SSSR count). The summed E-state index contributed by atoms with van der Waals surface area (Å²) >= 11 is 0. The summed E-state index contributed by atoms with van der Waals surface area (Å²) in [5, 5.41) is 0. The average molecular weight is 282 g/mol. The number of hydrogen-bond acceptors (Lipinski definition) is 5. The average Bonchev–Trinajstić information content (AvgIpc) is 2.27. The van der Waals surface area contributed by atoms with Crippen molar-refractivity contribution in [2.75, 3.05) is 6.61 Å². The maximum absolute atomic E-state index is 11.8. The predicted molar refractivity (Wildman–Crippen MR) is 73.7 cm³/mol. The van der Waals surface area contributed by atoms with E-state index in [0.29, 0.717) is 6.61 Å². The Labute approximate surface area is 120 Å². The molecule has 0 aromatic carbocycles. The zero-order valence-corrected chi connectivity index (χ0v) is 13.0. The van der Waals surface area contributed by atoms with Crippen LogP contribution < -0.4 is 0 Å². The Morgan fingerprint density at radius 1 is 1.10 bits per heavy atom. The van der Waals surface area contributed by atoms with Crippen LogP contribution in [0.4, 0.5) is 0 Å². The summed E-state index contributed by atoms with van der Waals surface area (Å²) < 4.78 is 9.81. The molecule has 0 aromatic heterocycles. The summed E-state index contributed by atoms with van der Waals surface area (Å²) in [5.41, 5.74) is -2.07. The van der Waals surface area contributed by atoms with E-state index in [1.54, 1.807) is 20.8 Å². The number of ketones is 1. The van der Waals surface area contributed by atoms with Crippen LogP contribution in [0.2, 0.25) is 0 Å². The third-order valence-electron chi connectivity index (χ3n) is 2.51. The summed E-state index contributed by atoms with van der Waals surface area (Å²) in [6, 6.07) is 0. The zero-order chi connectivity index (χ0) is 16.0. The lowest BCUT2D eigenvalue weighted by Crippen LogP contribution is -2.35. The molecule has 0 unspecified atom stereocenters. The minimum absolute atomic E-state index is 0.188. The number of hydrogen-bond donors (Lipinski definition) is 0. The van der Waals surface area contributed by atoms with Crippen molar-refractivity contribution in [3.8, 4) is 11.8 Å². The maximum atomic E-state index is 11.8. The number of ether oxygens (including phenoxy) is 2. The van der Waals surface area contributed by atoms with E-state index >= 15 is 0 Å². The van der Waals surface area contributed by atoms with Crippen LogP contribution in [-0.2, 0) is 23.9 Å². The van der Waals surface area contributed by atoms with Crippen molar-refractivity contribution in [1.82, 2.24) is 0 Å². The zero-order valence-electron chi connectivity index (χ0n) is 13.0. The van der Waals surface area contributed by atoms with E-state index in [1.165, 1.54) is 20.8 Å². The molecule has 5 nitrogen and oxygen atoms in total. The molecule has 0 heterocycles. The standard InChI is InChI=1S/C15H22O5/c1-7-19-13(18)14(3,4)10-8-9-12(17)15(5,6)20-11(2)16/h7,10H2,1-6H3. The topological polar surface area (TPSA) is 69.7 Å². The lowest BCUT2D eigenvalue weighted by molar-refractivity contribution is -0.159. The maximum Gasteiger partial charge on any atom is 0.312 e. The third kappa shape index (κ3) is 5.87. The van der Waals surface area contributed by atoms with Gasteiger partial charge in [-0.15, -0.1) is 0 Å². The van der Waals surface area contributed by atoms with E-state index < -0.39 is 22.8 Å². The normalized spacial score (nSPS) is 11.1. The van der Waals surface area contributed by atoms with Crippen LogP contribution in [0, 0.1) is 17.3 Å². The van der Waals surface area contributed by atoms with Crippen LogP contribution in [0.3, 0.4) is 0 Å². The molecule has 20 heavy (non-hydrogen) atoms. The van der Waals surface area contributed by atoms with Gasteiger partial charge in [0.15, 0.2) is 5.60 Å². The second kappa shape index (κ2) is 7.09. The molecule has 0 aromatic rings. The van der Waals surface area contributed by atoms with Gasteiger partial charge in [0.05, 0.1) is 12.0 Å². The highest BCUT2D eigenvalue weighted by molar-refractivity contribution is 6.02. The van der Waals surface area contributed by atoms with E-state index in [2.05, 4.69) is 11.8 Å². The van der Waals surface area contributed by atoms with Crippen molar-refractivity contribution >= 4 is 17.7 Å². The van der Waals surface area contributed by atoms with E-state index in [9.17, 15) is 14.4 Å². The van der Waals surface area contributed by atoms with Gasteiger partial charge in [-0.05, 0) is 40.5 Å². The summed E-state index contributed by atoms with van der Waals surface area (Å²) in [7, 11) is 0. The molecular weight excluding hydrogens is 260 g/mol. The monoisotopic (exact) mass is 282 g/mol. The highest BCUT2D eigenvalue weighted by Gasteiger charge is 2.30. The summed E-state index contributed by atoms with van der Waals surface area (Å²) in [4.78, 5) is 34.3. The minimum Gasteiger partial charge on any atom is -0.466 e. The smallest absolute Gasteiger partial charge is 0.312 e. The molecule has 112 valence electrons. The van der Waals surface area contributed by atoms with Crippen molar-refractivity contribution in [3.63, 3.8) is 0 Å². The number of rotatable bonds is 5. The predicted octanol–water partition coefficient (Wildman–Crippen LogP) is 1.88. The third-order valence-corrected chi connectivity index (χ3v) is 2.51. The molecule has 0 atom stereocenters. The van der Waals surface area contributed by atoms with Crippen molar-refractivity contribution in [1.29, 1.82) is 0 Å². The fraction of sp³-hybridized carbons (Fsp3) is 0.667. The lowest BCUT2D eigenvalue weighted by atomic mass is 9.89. The Morgan fingerprint density at radius 2 is 1.65 bits per heavy atom. The van der Waals surface area contributed by atoms with E-state index in [-0.39, 0.29) is 12.4 Å². The van der Waals surface area contributed by atoms with Crippen LogP contribution in [0.5, 0.6) is 0 Å². The van der Waals surface area contributed by atoms with Gasteiger partial charge in [0, 0.05) is 13.3 Å². The number of carbonyl (C=O) groups is 3. The fourth-order valence-corrected chi connectivity index (χ4v) is 1.30. The minimum atomic E-state index is -1.28. The lowest BCUT2D eigenvalue weighted by Gasteiger charge is -2.20. The Morgan fingerprint density at radius 3 is 2.10 bits per heavy atom. The largest absolute Gasteiger partial charge is 0.466 e. The summed E-state index contributed by atoms with van der Waals surface area (Å²) in [5.74, 6) is 3.65. The van der Waals surface area contributed by atoms with Crippen LogP contribution in [0.15, 0.2) is 0 Å². The molecule has 0 saturated carbocycles. The van der Waals surface area contributed by atoms with E-state index in [1.807, 2.05) is 0 Å². The van der Waals surface area contributed by atoms with Crippen molar-refractivity contribution in [2.45, 2.75) is 53.6 Å². The molecule has 0 N–H and O–H groups in total. The number of carbonyl (C=O) groups excluding carboxylic acids is 3. The van der Waals surface area contributed by atoms with Crippen LogP contribution in [0.1, 0.15) is 48.0 Å². The molecule has 5 heteroatoms. The summed E-state index contributed by atoms with van der Waals surface area (Å²) in [6.07, 6.45) is 0.188. The van der Waals surface area contributed by atoms with Gasteiger partial charge in [0.1, 0.15) is 0 Å². The number of Topliss-reactive ketones (excluding diaryl/α,β-unsaturated/α-hetero) is 1. The van der Waals surface area contributed by atoms with Gasteiger partial charge in [0.25, 0.3) is 0 Å². The molecule has 0 radical (unpaired) electrons. The van der Waals surface area contributed by atoms with E-state index in [4.69, 9.17) is 9.47 Å². The van der Waals surface area contributed by atoms with Gasteiger partial charge in [0.2, 0.25) is 5.78 Å². The molecule has 0 spiro atoms. The number of esters is 2. The fourth-order valence-electron chi connectivity index (χ4n) is 1.30. The SMILES string of the molecule is CCOC(=O)C(C)(C)CC#CC(=O)C(C)(C)OC(C)=O. The van der Waals surface area contributed by atoms with Crippen molar-refractivity contribution in [3.05, 3.63) is 0 Å². The first-order valence-electron chi connectivity index (χ1n) is 6.43. The second-order valence-corrected chi connectivity index (χ2v) is 5.52. The second-order valence-electron chi connectivity index (χ2n) is 5.52. The van der Waals surface area contributed by atoms with E-state index in [0.717, 1.165) is 0 Å². The molecule has 0 saturated heterocycles. The Kier molecular flexibility index (Phi) is 6.44. The van der Waals surface area contributed by atoms with Crippen LogP contribution in [-0.4, -0.2) is 29.9 Å². The molecule has 0 aliphatic carbocycles. The van der Waals surface area contributed by atoms with Gasteiger partial charge in [-0.3, -0.25) is 14.4 Å². The first kappa shape index (κ1) is 18.2. The van der Waals surface area contributed by atoms with Gasteiger partial charge < -0.3 is 9.47 Å². The van der Waals surface area contributed by atoms with Gasteiger partial charge >= 0.3 is 11.9 Å². The molecular formula is C15H22O5. The van der Waals surface area contributed by atoms with Gasteiger partial charge in [-0.25, -0.2) is 0 Å². The Balaban J connectivity index is 4.72. The molecule has 0 aliphatic rings. The highest BCUT2D eigenvalue weighted by atomic mass is 16.6. The van der Waals surface area contributed by atoms with Gasteiger partial charge in [-0.2, -0.15) is 0 Å². The van der Waals surface area contributed by atoms with Crippen molar-refractivity contribution < 1.29 is 23.9 Å². The van der Waals surface area contributed by atoms with Crippen molar-refractivity contribution in [2.24, 2.45) is 5.41 Å². The molecule has 0 bridgehead atoms. The van der Waals surface area contributed by atoms with Crippen LogP contribution >= 0.6 is 0 Å². The molecule has 0 aliphatic heterocycles. The van der Waals surface area contributed by atoms with Gasteiger partial charge in [-0.1, -0.05) is 5.92 Å². The molecule has 0 fully saturated rings. The first-order valence-corrected chi connectivity index (χ1v) is 6.43. The highest BCUT2D eigenvalue weighted by Crippen LogP contribution is 2.21.